The van der Waals surface area contributed by atoms with Gasteiger partial charge in [-0.1, -0.05) is 13.3 Å². The second kappa shape index (κ2) is 10.4. The van der Waals surface area contributed by atoms with Crippen molar-refractivity contribution in [3.63, 3.8) is 0 Å². The smallest absolute Gasteiger partial charge is 0.493 e. The van der Waals surface area contributed by atoms with Crippen LogP contribution < -0.4 is 11.0 Å². The number of aromatic nitrogens is 3. The number of carbonyl (C=O) groups excluding carboxylic acids is 1. The number of pyridine rings is 1. The van der Waals surface area contributed by atoms with Crippen molar-refractivity contribution in [3.8, 4) is 11.6 Å². The maximum atomic E-state index is 13.1. The molecule has 10 nitrogen and oxygen atoms in total. The zero-order valence-electron chi connectivity index (χ0n) is 19.2. The number of amides is 1. The summed E-state index contributed by atoms with van der Waals surface area (Å²) in [5.41, 5.74) is -5.41. The van der Waals surface area contributed by atoms with Gasteiger partial charge in [-0.15, -0.1) is 0 Å². The highest BCUT2D eigenvalue weighted by Crippen LogP contribution is 2.31. The van der Waals surface area contributed by atoms with E-state index in [1.165, 1.54) is 23.9 Å². The van der Waals surface area contributed by atoms with Crippen molar-refractivity contribution in [1.29, 1.82) is 0 Å². The van der Waals surface area contributed by atoms with Gasteiger partial charge in [0.15, 0.2) is 0 Å². The molecule has 0 unspecified atom stereocenters. The number of rotatable bonds is 8. The third kappa shape index (κ3) is 5.37. The molecule has 0 aliphatic rings. The minimum atomic E-state index is -5.57. The lowest BCUT2D eigenvalue weighted by Crippen LogP contribution is -2.25. The summed E-state index contributed by atoms with van der Waals surface area (Å²) in [6.07, 6.45) is 3.65. The Hall–Kier alpha value is -3.81. The Balaban J connectivity index is 1.92. The second-order valence-electron chi connectivity index (χ2n) is 7.70. The summed E-state index contributed by atoms with van der Waals surface area (Å²) in [7, 11) is -5.57. The van der Waals surface area contributed by atoms with Crippen molar-refractivity contribution in [2.24, 2.45) is 0 Å². The molecule has 0 aliphatic carbocycles. The van der Waals surface area contributed by atoms with Crippen LogP contribution in [0, 0.1) is 6.92 Å². The van der Waals surface area contributed by atoms with Crippen LogP contribution in [-0.4, -0.2) is 45.9 Å². The number of anilines is 1. The summed E-state index contributed by atoms with van der Waals surface area (Å²) < 4.78 is 68.6. The Bertz CT molecular complexity index is 1410. The number of sulfone groups is 1. The molecule has 0 atom stereocenters. The first-order chi connectivity index (χ1) is 16.9. The van der Waals surface area contributed by atoms with Gasteiger partial charge in [0.2, 0.25) is 5.88 Å². The molecule has 0 bridgehead atoms. The Kier molecular flexibility index (Phi) is 7.77. The largest absolute Gasteiger partial charge is 0.501 e. The van der Waals surface area contributed by atoms with Crippen molar-refractivity contribution >= 4 is 21.6 Å². The normalized spacial score (nSPS) is 11.9. The molecule has 0 saturated heterocycles. The van der Waals surface area contributed by atoms with Crippen molar-refractivity contribution in [2.75, 3.05) is 11.9 Å². The van der Waals surface area contributed by atoms with E-state index in [0.29, 0.717) is 24.1 Å². The first-order valence-electron chi connectivity index (χ1n) is 10.7. The van der Waals surface area contributed by atoms with Crippen LogP contribution in [0.3, 0.4) is 0 Å². The lowest BCUT2D eigenvalue weighted by molar-refractivity contribution is -0.0436. The number of hydrogen-bond donors (Lipinski definition) is 2. The van der Waals surface area contributed by atoms with Crippen molar-refractivity contribution in [2.45, 2.75) is 43.6 Å². The molecule has 2 N–H and O–H groups in total. The van der Waals surface area contributed by atoms with Crippen LogP contribution in [0.5, 0.6) is 5.88 Å². The van der Waals surface area contributed by atoms with Gasteiger partial charge >= 0.3 is 17.3 Å². The molecule has 2 heterocycles. The van der Waals surface area contributed by atoms with Crippen molar-refractivity contribution in [1.82, 2.24) is 14.1 Å². The first-order valence-corrected chi connectivity index (χ1v) is 12.2. The van der Waals surface area contributed by atoms with Gasteiger partial charge in [0.25, 0.3) is 9.84 Å². The van der Waals surface area contributed by atoms with Gasteiger partial charge in [-0.25, -0.2) is 22.6 Å². The zero-order chi connectivity index (χ0) is 26.7. The van der Waals surface area contributed by atoms with Gasteiger partial charge in [0.05, 0.1) is 41.3 Å². The number of benzene rings is 1. The molecule has 2 aromatic heterocycles. The second-order valence-corrected chi connectivity index (χ2v) is 9.64. The number of ether oxygens (including phenoxy) is 1. The molecular weight excluding hydrogens is 505 g/mol. The SMILES string of the molecule is CCCCOC(=O)Nc1cnccc1Cn1c(C)c(O)n(-c2ccc(S(=O)(=O)C(F)(F)F)cc2)c1=O. The zero-order valence-corrected chi connectivity index (χ0v) is 20.1. The number of aromatic hydroxyl groups is 1. The van der Waals surface area contributed by atoms with Crippen molar-refractivity contribution < 1.29 is 36.2 Å². The fraction of sp³-hybridized carbons (Fsp3) is 0.318. The van der Waals surface area contributed by atoms with E-state index in [1.807, 2.05) is 6.92 Å². The monoisotopic (exact) mass is 528 g/mol. The van der Waals surface area contributed by atoms with Gasteiger partial charge in [0.1, 0.15) is 0 Å². The minimum absolute atomic E-state index is 0.0481. The number of nitrogens with zero attached hydrogens (tertiary/aromatic N) is 3. The van der Waals surface area contributed by atoms with E-state index < -0.39 is 37.9 Å². The van der Waals surface area contributed by atoms with Crippen LogP contribution >= 0.6 is 0 Å². The molecule has 3 aromatic rings. The predicted molar refractivity (Wildman–Crippen MR) is 123 cm³/mol. The molecule has 3 rings (SSSR count). The highest BCUT2D eigenvalue weighted by molar-refractivity contribution is 7.92. The Labute approximate surface area is 203 Å². The molecular formula is C22H23F3N4O6S. The average Bonchev–Trinajstić information content (AvgIpc) is 3.03. The van der Waals surface area contributed by atoms with Crippen molar-refractivity contribution in [3.05, 3.63) is 64.5 Å². The number of nitrogens with one attached hydrogen (secondary N) is 1. The summed E-state index contributed by atoms with van der Waals surface area (Å²) in [5.74, 6) is -0.492. The highest BCUT2D eigenvalue weighted by atomic mass is 32.2. The number of hydrogen-bond acceptors (Lipinski definition) is 7. The third-order valence-corrected chi connectivity index (χ3v) is 6.78. The molecule has 1 aromatic carbocycles. The summed E-state index contributed by atoms with van der Waals surface area (Å²) in [6, 6.07) is 4.92. The molecule has 0 spiro atoms. The Morgan fingerprint density at radius 1 is 1.19 bits per heavy atom. The quantitative estimate of drug-likeness (QED) is 0.426. The van der Waals surface area contributed by atoms with Gasteiger partial charge in [-0.05, 0) is 49.2 Å². The highest BCUT2D eigenvalue weighted by Gasteiger charge is 2.46. The van der Waals surface area contributed by atoms with E-state index in [2.05, 4.69) is 10.3 Å². The van der Waals surface area contributed by atoms with Crippen LogP contribution in [0.4, 0.5) is 23.7 Å². The van der Waals surface area contributed by atoms with Crippen LogP contribution in [-0.2, 0) is 21.1 Å². The van der Waals surface area contributed by atoms with Gasteiger partial charge in [-0.3, -0.25) is 14.9 Å². The predicted octanol–water partition coefficient (Wildman–Crippen LogP) is 3.74. The van der Waals surface area contributed by atoms with Crippen LogP contribution in [0.1, 0.15) is 31.0 Å². The number of imidazole rings is 1. The molecule has 0 radical (unpaired) electrons. The molecule has 1 amide bonds. The van der Waals surface area contributed by atoms with E-state index in [4.69, 9.17) is 4.74 Å². The summed E-state index contributed by atoms with van der Waals surface area (Å²) in [4.78, 5) is 28.1. The Morgan fingerprint density at radius 2 is 1.86 bits per heavy atom. The number of halogens is 3. The number of alkyl halides is 3. The third-order valence-electron chi connectivity index (χ3n) is 5.28. The summed E-state index contributed by atoms with van der Waals surface area (Å²) in [5, 5.41) is 13.1. The van der Waals surface area contributed by atoms with Crippen LogP contribution in [0.2, 0.25) is 0 Å². The summed E-state index contributed by atoms with van der Waals surface area (Å²) in [6.45, 7) is 3.53. The maximum Gasteiger partial charge on any atom is 0.501 e. The first kappa shape index (κ1) is 26.8. The molecule has 0 aliphatic heterocycles. The van der Waals surface area contributed by atoms with Gasteiger partial charge in [0, 0.05) is 6.20 Å². The fourth-order valence-electron chi connectivity index (χ4n) is 3.26. The van der Waals surface area contributed by atoms with Gasteiger partial charge < -0.3 is 9.84 Å². The number of unbranched alkanes of at least 4 members (excludes halogenated alkanes) is 1. The van der Waals surface area contributed by atoms with E-state index in [1.54, 1.807) is 6.07 Å². The molecule has 194 valence electrons. The molecule has 0 saturated carbocycles. The topological polar surface area (TPSA) is 133 Å². The van der Waals surface area contributed by atoms with E-state index in [-0.39, 0.29) is 30.2 Å². The van der Waals surface area contributed by atoms with E-state index in [9.17, 15) is 36.3 Å². The minimum Gasteiger partial charge on any atom is -0.493 e. The lowest BCUT2D eigenvalue weighted by Gasteiger charge is -2.12. The molecule has 36 heavy (non-hydrogen) atoms. The van der Waals surface area contributed by atoms with Crippen LogP contribution in [0.25, 0.3) is 5.69 Å². The standard InChI is InChI=1S/C22H23F3N4O6S/c1-3-4-11-35-20(31)27-18-12-26-10-9-15(18)13-28-14(2)19(30)29(21(28)32)16-5-7-17(8-6-16)36(33,34)22(23,24)25/h5-10,12,30H,3-4,11,13H2,1-2H3,(H,27,31). The molecule has 0 fully saturated rings. The fourth-order valence-corrected chi connectivity index (χ4v) is 4.03. The maximum absolute atomic E-state index is 13.1. The van der Waals surface area contributed by atoms with Crippen LogP contribution in [0.15, 0.2) is 52.4 Å². The van der Waals surface area contributed by atoms with E-state index in [0.717, 1.165) is 23.1 Å². The Morgan fingerprint density at radius 3 is 2.47 bits per heavy atom. The molecule has 14 heteroatoms. The summed E-state index contributed by atoms with van der Waals surface area (Å²) >= 11 is 0. The lowest BCUT2D eigenvalue weighted by atomic mass is 10.2. The average molecular weight is 529 g/mol. The number of carbonyl (C=O) groups is 1. The van der Waals surface area contributed by atoms with E-state index >= 15 is 0 Å². The van der Waals surface area contributed by atoms with Gasteiger partial charge in [-0.2, -0.15) is 13.2 Å².